The molecule has 1 amide bonds. The summed E-state index contributed by atoms with van der Waals surface area (Å²) in [6, 6.07) is 5.92. The van der Waals surface area contributed by atoms with Crippen LogP contribution in [0, 0.1) is 6.92 Å². The number of aryl methyl sites for hydroxylation is 1. The van der Waals surface area contributed by atoms with E-state index in [0.29, 0.717) is 10.0 Å². The lowest BCUT2D eigenvalue weighted by molar-refractivity contribution is 0.100. The smallest absolute Gasteiger partial charge is 0.348 e. The Bertz CT molecular complexity index is 1250. The van der Waals surface area contributed by atoms with Crippen LogP contribution in [0.5, 0.6) is 5.75 Å². The van der Waals surface area contributed by atoms with Crippen molar-refractivity contribution < 1.29 is 14.3 Å². The maximum Gasteiger partial charge on any atom is 0.348 e. The van der Waals surface area contributed by atoms with E-state index in [9.17, 15) is 14.7 Å². The van der Waals surface area contributed by atoms with Gasteiger partial charge < -0.3 is 15.3 Å². The molecule has 1 aromatic carbocycles. The minimum Gasteiger partial charge on any atom is -0.507 e. The lowest BCUT2D eigenvalue weighted by Crippen LogP contribution is -2.25. The molecule has 3 heterocycles. The van der Waals surface area contributed by atoms with Crippen LogP contribution in [0.1, 0.15) is 39.7 Å². The Labute approximate surface area is 174 Å². The first-order chi connectivity index (χ1) is 13.8. The minimum absolute atomic E-state index is 0.0801. The van der Waals surface area contributed by atoms with Gasteiger partial charge in [0.25, 0.3) is 5.91 Å². The van der Waals surface area contributed by atoms with Crippen LogP contribution in [0.3, 0.4) is 0 Å². The summed E-state index contributed by atoms with van der Waals surface area (Å²) in [6.07, 6.45) is 1.50. The molecule has 4 rings (SSSR count). The van der Waals surface area contributed by atoms with Gasteiger partial charge in [0.15, 0.2) is 5.82 Å². The molecule has 0 fully saturated rings. The maximum absolute atomic E-state index is 12.4. The second-order valence-electron chi connectivity index (χ2n) is 6.55. The number of hydrogen-bond acceptors (Lipinski definition) is 6. The van der Waals surface area contributed by atoms with Crippen molar-refractivity contribution in [3.05, 3.63) is 73.4 Å². The summed E-state index contributed by atoms with van der Waals surface area (Å²) in [5.74, 6) is -0.547. The van der Waals surface area contributed by atoms with Crippen molar-refractivity contribution >= 4 is 40.6 Å². The molecule has 2 aromatic heterocycles. The largest absolute Gasteiger partial charge is 0.507 e. The standard InChI is InChI=1S/C19H14Cl2N4O4/c1-8-4-15(26)16(19(28)29-8)13-6-14(9-2-3-11(20)12(21)5-9)25-18(24-13)10(7-23-25)17(22)27/h2-5,7,14,26H,6H2,1H3,(H2,22,27). The third-order valence-electron chi connectivity index (χ3n) is 4.63. The number of aromatic hydroxyl groups is 1. The summed E-state index contributed by atoms with van der Waals surface area (Å²) in [5, 5.41) is 15.3. The lowest BCUT2D eigenvalue weighted by Gasteiger charge is -2.25. The van der Waals surface area contributed by atoms with Gasteiger partial charge in [0.05, 0.1) is 28.0 Å². The first-order valence-electron chi connectivity index (χ1n) is 8.50. The predicted molar refractivity (Wildman–Crippen MR) is 108 cm³/mol. The summed E-state index contributed by atoms with van der Waals surface area (Å²) in [7, 11) is 0. The second kappa shape index (κ2) is 7.06. The summed E-state index contributed by atoms with van der Waals surface area (Å²) in [5.41, 5.74) is 5.68. The number of primary amides is 1. The van der Waals surface area contributed by atoms with Gasteiger partial charge in [-0.05, 0) is 24.6 Å². The summed E-state index contributed by atoms with van der Waals surface area (Å²) < 4.78 is 6.64. The normalized spacial score (nSPS) is 15.7. The van der Waals surface area contributed by atoms with Crippen molar-refractivity contribution in [2.24, 2.45) is 10.7 Å². The molecular formula is C19H14Cl2N4O4. The maximum atomic E-state index is 12.4. The fourth-order valence-electron chi connectivity index (χ4n) is 3.31. The molecule has 0 radical (unpaired) electrons. The Morgan fingerprint density at radius 2 is 2.07 bits per heavy atom. The Hall–Kier alpha value is -3.10. The first kappa shape index (κ1) is 19.2. The number of aliphatic imine (C=N–C) groups is 1. The highest BCUT2D eigenvalue weighted by atomic mass is 35.5. The van der Waals surface area contributed by atoms with Gasteiger partial charge >= 0.3 is 5.63 Å². The monoisotopic (exact) mass is 432 g/mol. The number of rotatable bonds is 3. The molecule has 0 saturated carbocycles. The number of fused-ring (bicyclic) bond motifs is 1. The number of aromatic nitrogens is 2. The summed E-state index contributed by atoms with van der Waals surface area (Å²) >= 11 is 12.2. The van der Waals surface area contributed by atoms with Crippen LogP contribution in [-0.4, -0.2) is 26.5 Å². The molecule has 1 aliphatic heterocycles. The number of amides is 1. The van der Waals surface area contributed by atoms with Gasteiger partial charge in [-0.2, -0.15) is 5.10 Å². The van der Waals surface area contributed by atoms with E-state index < -0.39 is 17.6 Å². The molecule has 1 aliphatic rings. The Kier molecular flexibility index (Phi) is 4.68. The van der Waals surface area contributed by atoms with Gasteiger partial charge in [0.1, 0.15) is 22.6 Å². The molecule has 0 aliphatic carbocycles. The number of nitrogens with zero attached hydrogens (tertiary/aromatic N) is 3. The van der Waals surface area contributed by atoms with Gasteiger partial charge in [-0.1, -0.05) is 29.3 Å². The van der Waals surface area contributed by atoms with Crippen LogP contribution in [0.4, 0.5) is 5.82 Å². The minimum atomic E-state index is -0.734. The van der Waals surface area contributed by atoms with E-state index >= 15 is 0 Å². The molecule has 1 unspecified atom stereocenters. The van der Waals surface area contributed by atoms with Crippen molar-refractivity contribution in [1.29, 1.82) is 0 Å². The number of nitrogens with two attached hydrogens (primary N) is 1. The number of benzene rings is 1. The quantitative estimate of drug-likeness (QED) is 0.656. The van der Waals surface area contributed by atoms with Crippen molar-refractivity contribution in [3.8, 4) is 5.75 Å². The van der Waals surface area contributed by atoms with Gasteiger partial charge in [0, 0.05) is 12.5 Å². The van der Waals surface area contributed by atoms with E-state index in [1.807, 2.05) is 0 Å². The SMILES string of the molecule is Cc1cc(O)c(C2=Nc3c(C(N)=O)cnn3C(c3ccc(Cl)c(Cl)c3)C2)c(=O)o1. The Morgan fingerprint density at radius 3 is 2.72 bits per heavy atom. The van der Waals surface area contributed by atoms with Crippen LogP contribution in [0.25, 0.3) is 0 Å². The van der Waals surface area contributed by atoms with Crippen LogP contribution >= 0.6 is 23.2 Å². The molecular weight excluding hydrogens is 419 g/mol. The number of hydrogen-bond donors (Lipinski definition) is 2. The van der Waals surface area contributed by atoms with E-state index in [4.69, 9.17) is 33.4 Å². The molecule has 29 heavy (non-hydrogen) atoms. The first-order valence-corrected chi connectivity index (χ1v) is 9.25. The molecule has 148 valence electrons. The summed E-state index contributed by atoms with van der Waals surface area (Å²) in [4.78, 5) is 28.6. The van der Waals surface area contributed by atoms with Crippen LogP contribution in [0.15, 0.2) is 44.7 Å². The average molecular weight is 433 g/mol. The zero-order chi connectivity index (χ0) is 20.9. The number of carbonyl (C=O) groups is 1. The zero-order valence-corrected chi connectivity index (χ0v) is 16.5. The van der Waals surface area contributed by atoms with E-state index in [0.717, 1.165) is 5.56 Å². The van der Waals surface area contributed by atoms with Crippen LogP contribution < -0.4 is 11.4 Å². The van der Waals surface area contributed by atoms with Crippen molar-refractivity contribution in [2.75, 3.05) is 0 Å². The van der Waals surface area contributed by atoms with E-state index in [-0.39, 0.29) is 40.6 Å². The highest BCUT2D eigenvalue weighted by molar-refractivity contribution is 6.42. The predicted octanol–water partition coefficient (Wildman–Crippen LogP) is 3.37. The molecule has 8 nitrogen and oxygen atoms in total. The fraction of sp³-hybridized carbons (Fsp3) is 0.158. The molecule has 10 heteroatoms. The third-order valence-corrected chi connectivity index (χ3v) is 5.37. The van der Waals surface area contributed by atoms with E-state index in [1.165, 1.54) is 16.9 Å². The van der Waals surface area contributed by atoms with Crippen LogP contribution in [0.2, 0.25) is 10.0 Å². The second-order valence-corrected chi connectivity index (χ2v) is 7.36. The molecule has 0 spiro atoms. The Morgan fingerprint density at radius 1 is 1.31 bits per heavy atom. The summed E-state index contributed by atoms with van der Waals surface area (Å²) in [6.45, 7) is 1.55. The third kappa shape index (κ3) is 3.30. The molecule has 3 N–H and O–H groups in total. The fourth-order valence-corrected chi connectivity index (χ4v) is 3.62. The molecule has 0 saturated heterocycles. The average Bonchev–Trinajstić information content (AvgIpc) is 3.07. The van der Waals surface area contributed by atoms with Crippen molar-refractivity contribution in [2.45, 2.75) is 19.4 Å². The van der Waals surface area contributed by atoms with Crippen molar-refractivity contribution in [1.82, 2.24) is 9.78 Å². The van der Waals surface area contributed by atoms with Crippen LogP contribution in [-0.2, 0) is 0 Å². The number of carbonyl (C=O) groups excluding carboxylic acids is 1. The molecule has 1 atom stereocenters. The van der Waals surface area contributed by atoms with Gasteiger partial charge in [-0.3, -0.25) is 4.79 Å². The van der Waals surface area contributed by atoms with Crippen molar-refractivity contribution in [3.63, 3.8) is 0 Å². The van der Waals surface area contributed by atoms with Gasteiger partial charge in [0.2, 0.25) is 0 Å². The Balaban J connectivity index is 1.94. The zero-order valence-electron chi connectivity index (χ0n) is 15.0. The topological polar surface area (TPSA) is 124 Å². The van der Waals surface area contributed by atoms with E-state index in [1.54, 1.807) is 25.1 Å². The molecule has 0 bridgehead atoms. The lowest BCUT2D eigenvalue weighted by atomic mass is 9.96. The van der Waals surface area contributed by atoms with Gasteiger partial charge in [-0.15, -0.1) is 0 Å². The number of halogens is 2. The van der Waals surface area contributed by atoms with E-state index in [2.05, 4.69) is 10.1 Å². The highest BCUT2D eigenvalue weighted by Gasteiger charge is 2.31. The highest BCUT2D eigenvalue weighted by Crippen LogP contribution is 2.38. The van der Waals surface area contributed by atoms with Gasteiger partial charge in [-0.25, -0.2) is 14.5 Å². The molecule has 3 aromatic rings.